The maximum absolute atomic E-state index is 12.0. The lowest BCUT2D eigenvalue weighted by molar-refractivity contribution is 0.0647. The second kappa shape index (κ2) is 3.86. The van der Waals surface area contributed by atoms with Gasteiger partial charge in [-0.15, -0.1) is 0 Å². The van der Waals surface area contributed by atoms with Crippen LogP contribution in [0.2, 0.25) is 0 Å². The summed E-state index contributed by atoms with van der Waals surface area (Å²) in [6, 6.07) is 0. The molecule has 0 unspecified atom stereocenters. The van der Waals surface area contributed by atoms with Crippen molar-refractivity contribution in [1.82, 2.24) is 19.0 Å². The van der Waals surface area contributed by atoms with Gasteiger partial charge in [-0.2, -0.15) is 8.75 Å². The van der Waals surface area contributed by atoms with E-state index in [0.29, 0.717) is 12.2 Å². The highest BCUT2D eigenvalue weighted by Gasteiger charge is 2.29. The van der Waals surface area contributed by atoms with Gasteiger partial charge in [0.25, 0.3) is 5.91 Å². The first-order valence-electron chi connectivity index (χ1n) is 4.90. The summed E-state index contributed by atoms with van der Waals surface area (Å²) in [5, 5.41) is 3.36. The Kier molecular flexibility index (Phi) is 2.70. The van der Waals surface area contributed by atoms with Crippen molar-refractivity contribution in [3.05, 3.63) is 11.9 Å². The lowest BCUT2D eigenvalue weighted by Gasteiger charge is -2.38. The molecule has 1 aliphatic heterocycles. The van der Waals surface area contributed by atoms with Gasteiger partial charge in [0.15, 0.2) is 5.69 Å². The van der Waals surface area contributed by atoms with Crippen LogP contribution in [0.1, 0.15) is 24.3 Å². The monoisotopic (exact) mass is 226 g/mol. The Morgan fingerprint density at radius 1 is 1.67 bits per heavy atom. The molecule has 1 amide bonds. The first kappa shape index (κ1) is 10.5. The van der Waals surface area contributed by atoms with E-state index in [2.05, 4.69) is 27.9 Å². The van der Waals surface area contributed by atoms with Crippen LogP contribution in [0.25, 0.3) is 0 Å². The van der Waals surface area contributed by atoms with Crippen molar-refractivity contribution in [3.63, 3.8) is 0 Å². The molecule has 2 rings (SSSR count). The summed E-state index contributed by atoms with van der Waals surface area (Å²) in [6.45, 7) is 6.46. The van der Waals surface area contributed by atoms with Gasteiger partial charge in [0, 0.05) is 25.2 Å². The third-order valence-electron chi connectivity index (χ3n) is 2.44. The standard InChI is InChI=1S/C9H14N4OS/c1-9(2)6-13(4-3-10-9)8(14)7-5-11-15-12-7/h5,10H,3-4,6H2,1-2H3. The minimum atomic E-state index is -0.0165. The zero-order valence-corrected chi connectivity index (χ0v) is 9.67. The quantitative estimate of drug-likeness (QED) is 0.751. The molecular formula is C9H14N4OS. The Morgan fingerprint density at radius 2 is 2.47 bits per heavy atom. The zero-order chi connectivity index (χ0) is 10.9. The average molecular weight is 226 g/mol. The number of carbonyl (C=O) groups excluding carboxylic acids is 1. The highest BCUT2D eigenvalue weighted by molar-refractivity contribution is 6.99. The lowest BCUT2D eigenvalue weighted by atomic mass is 10.0. The molecule has 2 heterocycles. The van der Waals surface area contributed by atoms with Crippen LogP contribution in [0, 0.1) is 0 Å². The van der Waals surface area contributed by atoms with E-state index in [9.17, 15) is 4.79 Å². The number of hydrogen-bond donors (Lipinski definition) is 1. The van der Waals surface area contributed by atoms with Crippen LogP contribution >= 0.6 is 11.7 Å². The van der Waals surface area contributed by atoms with E-state index < -0.39 is 0 Å². The molecule has 0 aliphatic carbocycles. The van der Waals surface area contributed by atoms with Gasteiger partial charge in [-0.25, -0.2) is 0 Å². The Labute approximate surface area is 92.8 Å². The summed E-state index contributed by atoms with van der Waals surface area (Å²) in [6.07, 6.45) is 1.53. The molecule has 1 aromatic heterocycles. The maximum Gasteiger partial charge on any atom is 0.275 e. The third-order valence-corrected chi connectivity index (χ3v) is 2.92. The second-order valence-corrected chi connectivity index (χ2v) is 4.89. The van der Waals surface area contributed by atoms with Gasteiger partial charge in [-0.05, 0) is 13.8 Å². The maximum atomic E-state index is 12.0. The van der Waals surface area contributed by atoms with Crippen LogP contribution in [0.15, 0.2) is 6.20 Å². The van der Waals surface area contributed by atoms with E-state index in [1.54, 1.807) is 0 Å². The third kappa shape index (κ3) is 2.32. The Bertz CT molecular complexity index is 349. The van der Waals surface area contributed by atoms with Crippen LogP contribution in [0.4, 0.5) is 0 Å². The van der Waals surface area contributed by atoms with Gasteiger partial charge < -0.3 is 10.2 Å². The highest BCUT2D eigenvalue weighted by atomic mass is 32.1. The predicted molar refractivity (Wildman–Crippen MR) is 57.9 cm³/mol. The van der Waals surface area contributed by atoms with Crippen molar-refractivity contribution >= 4 is 17.6 Å². The van der Waals surface area contributed by atoms with Gasteiger partial charge in [0.05, 0.1) is 17.9 Å². The van der Waals surface area contributed by atoms with Gasteiger partial charge in [0.2, 0.25) is 0 Å². The fourth-order valence-corrected chi connectivity index (χ4v) is 2.14. The Balaban J connectivity index is 2.08. The molecule has 0 aromatic carbocycles. The van der Waals surface area contributed by atoms with Crippen molar-refractivity contribution in [2.24, 2.45) is 0 Å². The molecule has 1 N–H and O–H groups in total. The first-order valence-corrected chi connectivity index (χ1v) is 5.63. The summed E-state index contributed by atoms with van der Waals surface area (Å²) < 4.78 is 7.80. The molecule has 6 heteroatoms. The Hall–Kier alpha value is -1.01. The molecule has 1 fully saturated rings. The Morgan fingerprint density at radius 3 is 3.07 bits per heavy atom. The van der Waals surface area contributed by atoms with Crippen molar-refractivity contribution in [2.45, 2.75) is 19.4 Å². The number of aromatic nitrogens is 2. The molecule has 5 nitrogen and oxygen atoms in total. The summed E-state index contributed by atoms with van der Waals surface area (Å²) >= 11 is 1.07. The van der Waals surface area contributed by atoms with Crippen molar-refractivity contribution in [2.75, 3.05) is 19.6 Å². The molecule has 82 valence electrons. The molecule has 0 bridgehead atoms. The van der Waals surface area contributed by atoms with Crippen molar-refractivity contribution < 1.29 is 4.79 Å². The molecule has 0 spiro atoms. The van der Waals surface area contributed by atoms with E-state index in [-0.39, 0.29) is 11.4 Å². The molecule has 0 atom stereocenters. The van der Waals surface area contributed by atoms with Crippen LogP contribution < -0.4 is 5.32 Å². The van der Waals surface area contributed by atoms with E-state index in [1.165, 1.54) is 6.20 Å². The van der Waals surface area contributed by atoms with Crippen LogP contribution in [-0.2, 0) is 0 Å². The minimum Gasteiger partial charge on any atom is -0.334 e. The largest absolute Gasteiger partial charge is 0.334 e. The van der Waals surface area contributed by atoms with Gasteiger partial charge in [-0.3, -0.25) is 4.79 Å². The minimum absolute atomic E-state index is 0.0154. The van der Waals surface area contributed by atoms with E-state index in [1.807, 2.05) is 4.90 Å². The predicted octanol–water partition coefficient (Wildman–Crippen LogP) is 0.362. The molecule has 15 heavy (non-hydrogen) atoms. The number of amides is 1. The van der Waals surface area contributed by atoms with Gasteiger partial charge >= 0.3 is 0 Å². The van der Waals surface area contributed by atoms with Gasteiger partial charge in [0.1, 0.15) is 0 Å². The lowest BCUT2D eigenvalue weighted by Crippen LogP contribution is -2.58. The fraction of sp³-hybridized carbons (Fsp3) is 0.667. The summed E-state index contributed by atoms with van der Waals surface area (Å²) in [5.41, 5.74) is 0.440. The second-order valence-electron chi connectivity index (χ2n) is 4.33. The van der Waals surface area contributed by atoms with Crippen molar-refractivity contribution in [3.8, 4) is 0 Å². The highest BCUT2D eigenvalue weighted by Crippen LogP contribution is 2.12. The van der Waals surface area contributed by atoms with Crippen LogP contribution in [-0.4, -0.2) is 44.7 Å². The van der Waals surface area contributed by atoms with E-state index in [4.69, 9.17) is 0 Å². The molecule has 1 aliphatic rings. The van der Waals surface area contributed by atoms with Crippen LogP contribution in [0.5, 0.6) is 0 Å². The number of nitrogens with one attached hydrogen (secondary N) is 1. The first-order chi connectivity index (χ1) is 7.08. The summed E-state index contributed by atoms with van der Waals surface area (Å²) in [7, 11) is 0. The smallest absolute Gasteiger partial charge is 0.275 e. The van der Waals surface area contributed by atoms with E-state index in [0.717, 1.165) is 24.8 Å². The topological polar surface area (TPSA) is 58.1 Å². The molecule has 0 radical (unpaired) electrons. The normalized spacial score (nSPS) is 20.3. The SMILES string of the molecule is CC1(C)CN(C(=O)c2cnsn2)CCN1. The number of nitrogens with zero attached hydrogens (tertiary/aromatic N) is 3. The number of hydrogen-bond acceptors (Lipinski definition) is 5. The number of rotatable bonds is 1. The van der Waals surface area contributed by atoms with Crippen molar-refractivity contribution in [1.29, 1.82) is 0 Å². The average Bonchev–Trinajstić information content (AvgIpc) is 2.67. The zero-order valence-electron chi connectivity index (χ0n) is 8.86. The van der Waals surface area contributed by atoms with E-state index >= 15 is 0 Å². The van der Waals surface area contributed by atoms with Gasteiger partial charge in [-0.1, -0.05) is 0 Å². The van der Waals surface area contributed by atoms with Crippen LogP contribution in [0.3, 0.4) is 0 Å². The number of carbonyl (C=O) groups is 1. The molecule has 0 saturated carbocycles. The number of piperazine rings is 1. The molecule has 1 aromatic rings. The summed E-state index contributed by atoms with van der Waals surface area (Å²) in [4.78, 5) is 13.8. The molecular weight excluding hydrogens is 212 g/mol. The fourth-order valence-electron chi connectivity index (χ4n) is 1.74. The molecule has 1 saturated heterocycles. The summed E-state index contributed by atoms with van der Waals surface area (Å²) in [5.74, 6) is -0.0154.